The third-order valence-electron chi connectivity index (χ3n) is 4.42. The van der Waals surface area contributed by atoms with E-state index in [1.165, 1.54) is 0 Å². The number of likely N-dealkylation sites (tertiary alicyclic amines) is 1. The van der Waals surface area contributed by atoms with Crippen LogP contribution in [0.15, 0.2) is 12.1 Å². The van der Waals surface area contributed by atoms with Crippen molar-refractivity contribution in [2.45, 2.75) is 52.2 Å². The van der Waals surface area contributed by atoms with E-state index in [-0.39, 0.29) is 11.9 Å². The fourth-order valence-corrected chi connectivity index (χ4v) is 3.02. The van der Waals surface area contributed by atoms with Crippen LogP contribution >= 0.6 is 11.6 Å². The molecule has 23 heavy (non-hydrogen) atoms. The van der Waals surface area contributed by atoms with Gasteiger partial charge < -0.3 is 15.0 Å². The van der Waals surface area contributed by atoms with Crippen molar-refractivity contribution in [3.8, 4) is 5.75 Å². The van der Waals surface area contributed by atoms with Crippen LogP contribution in [0.1, 0.15) is 37.3 Å². The quantitative estimate of drug-likeness (QED) is 0.895. The number of hydrogen-bond acceptors (Lipinski definition) is 3. The Kier molecular flexibility index (Phi) is 6.31. The lowest BCUT2D eigenvalue weighted by molar-refractivity contribution is -0.129. The Balaban J connectivity index is 1.97. The molecule has 1 aromatic rings. The number of halogens is 1. The van der Waals surface area contributed by atoms with Crippen LogP contribution in [-0.4, -0.2) is 43.1 Å². The molecule has 0 aliphatic carbocycles. The lowest BCUT2D eigenvalue weighted by atomic mass is 10.1. The molecular formula is C18H27ClN2O2. The van der Waals surface area contributed by atoms with Gasteiger partial charge in [0.25, 0.3) is 5.91 Å². The summed E-state index contributed by atoms with van der Waals surface area (Å²) in [7, 11) is 2.11. The normalized spacial score (nSPS) is 17.8. The number of amides is 1. The molecule has 128 valence electrons. The second kappa shape index (κ2) is 8.02. The minimum absolute atomic E-state index is 0.0210. The van der Waals surface area contributed by atoms with E-state index < -0.39 is 6.10 Å². The highest BCUT2D eigenvalue weighted by atomic mass is 35.5. The molecule has 5 heteroatoms. The van der Waals surface area contributed by atoms with E-state index in [1.807, 2.05) is 32.9 Å². The van der Waals surface area contributed by atoms with Crippen LogP contribution in [0.2, 0.25) is 5.02 Å². The molecule has 1 heterocycles. The number of carbonyl (C=O) groups is 1. The molecule has 1 N–H and O–H groups in total. The van der Waals surface area contributed by atoms with Gasteiger partial charge in [0, 0.05) is 11.1 Å². The van der Waals surface area contributed by atoms with Crippen LogP contribution in [0.25, 0.3) is 0 Å². The van der Waals surface area contributed by atoms with E-state index in [0.29, 0.717) is 12.2 Å². The van der Waals surface area contributed by atoms with Crippen LogP contribution in [0, 0.1) is 13.8 Å². The molecule has 0 aromatic heterocycles. The summed E-state index contributed by atoms with van der Waals surface area (Å²) in [5.74, 6) is 0.682. The second-order valence-electron chi connectivity index (χ2n) is 6.47. The Morgan fingerprint density at radius 3 is 2.43 bits per heavy atom. The van der Waals surface area contributed by atoms with Crippen molar-refractivity contribution in [1.82, 2.24) is 10.2 Å². The summed E-state index contributed by atoms with van der Waals surface area (Å²) < 4.78 is 5.92. The lowest BCUT2D eigenvalue weighted by Crippen LogP contribution is -2.47. The monoisotopic (exact) mass is 338 g/mol. The third-order valence-corrected chi connectivity index (χ3v) is 5.01. The summed E-state index contributed by atoms with van der Waals surface area (Å²) in [5, 5.41) is 3.89. The molecule has 1 aliphatic rings. The van der Waals surface area contributed by atoms with E-state index in [4.69, 9.17) is 16.3 Å². The van der Waals surface area contributed by atoms with Crippen molar-refractivity contribution in [3.05, 3.63) is 28.3 Å². The summed E-state index contributed by atoms with van der Waals surface area (Å²) >= 11 is 6.18. The maximum Gasteiger partial charge on any atom is 0.261 e. The summed E-state index contributed by atoms with van der Waals surface area (Å²) in [6, 6.07) is 4.03. The fourth-order valence-electron chi connectivity index (χ4n) is 2.91. The zero-order chi connectivity index (χ0) is 17.0. The Hall–Kier alpha value is -1.26. The highest BCUT2D eigenvalue weighted by molar-refractivity contribution is 6.32. The van der Waals surface area contributed by atoms with Crippen molar-refractivity contribution in [3.63, 3.8) is 0 Å². The molecule has 1 amide bonds. The van der Waals surface area contributed by atoms with E-state index in [9.17, 15) is 4.79 Å². The highest BCUT2D eigenvalue weighted by Gasteiger charge is 2.24. The molecule has 1 aromatic carbocycles. The summed E-state index contributed by atoms with van der Waals surface area (Å²) in [6.07, 6.45) is 2.17. The molecule has 0 spiro atoms. The van der Waals surface area contributed by atoms with Gasteiger partial charge in [-0.05, 0) is 76.5 Å². The molecule has 1 saturated heterocycles. The Morgan fingerprint density at radius 1 is 1.35 bits per heavy atom. The van der Waals surface area contributed by atoms with Gasteiger partial charge in [-0.1, -0.05) is 18.5 Å². The molecule has 0 saturated carbocycles. The maximum atomic E-state index is 12.5. The van der Waals surface area contributed by atoms with Gasteiger partial charge in [-0.2, -0.15) is 0 Å². The third kappa shape index (κ3) is 4.85. The van der Waals surface area contributed by atoms with Gasteiger partial charge in [0.2, 0.25) is 0 Å². The SMILES string of the molecule is CCC(Oc1cc(C)c(Cl)c(C)c1)C(=O)NC1CCN(C)CC1. The average molecular weight is 339 g/mol. The number of piperidine rings is 1. The molecular weight excluding hydrogens is 312 g/mol. The van der Waals surface area contributed by atoms with E-state index in [2.05, 4.69) is 17.3 Å². The Morgan fingerprint density at radius 2 is 1.91 bits per heavy atom. The second-order valence-corrected chi connectivity index (χ2v) is 6.85. The van der Waals surface area contributed by atoms with Gasteiger partial charge >= 0.3 is 0 Å². The zero-order valence-corrected chi connectivity index (χ0v) is 15.2. The number of carbonyl (C=O) groups excluding carboxylic acids is 1. The number of ether oxygens (including phenoxy) is 1. The van der Waals surface area contributed by atoms with Gasteiger partial charge in [-0.25, -0.2) is 0 Å². The molecule has 2 rings (SSSR count). The van der Waals surface area contributed by atoms with Gasteiger partial charge in [0.15, 0.2) is 6.10 Å². The molecule has 0 radical (unpaired) electrons. The zero-order valence-electron chi connectivity index (χ0n) is 14.5. The lowest BCUT2D eigenvalue weighted by Gasteiger charge is -2.30. The Bertz CT molecular complexity index is 531. The van der Waals surface area contributed by atoms with E-state index in [0.717, 1.165) is 42.1 Å². The van der Waals surface area contributed by atoms with Crippen molar-refractivity contribution < 1.29 is 9.53 Å². The van der Waals surface area contributed by atoms with Crippen LogP contribution < -0.4 is 10.1 Å². The standard InChI is InChI=1S/C18H27ClN2O2/c1-5-16(18(22)20-14-6-8-21(4)9-7-14)23-15-10-12(2)17(19)13(3)11-15/h10-11,14,16H,5-9H2,1-4H3,(H,20,22). The van der Waals surface area contributed by atoms with Crippen LogP contribution in [0.5, 0.6) is 5.75 Å². The smallest absolute Gasteiger partial charge is 0.261 e. The van der Waals surface area contributed by atoms with Gasteiger partial charge in [0.05, 0.1) is 0 Å². The van der Waals surface area contributed by atoms with E-state index >= 15 is 0 Å². The van der Waals surface area contributed by atoms with E-state index in [1.54, 1.807) is 0 Å². The first-order valence-corrected chi connectivity index (χ1v) is 8.70. The first-order chi connectivity index (χ1) is 10.9. The van der Waals surface area contributed by atoms with Gasteiger partial charge in [-0.3, -0.25) is 4.79 Å². The number of aryl methyl sites for hydroxylation is 2. The molecule has 0 bridgehead atoms. The summed E-state index contributed by atoms with van der Waals surface area (Å²) in [5.41, 5.74) is 1.93. The van der Waals surface area contributed by atoms with Crippen molar-refractivity contribution in [2.24, 2.45) is 0 Å². The van der Waals surface area contributed by atoms with Crippen LogP contribution in [-0.2, 0) is 4.79 Å². The van der Waals surface area contributed by atoms with Crippen molar-refractivity contribution in [1.29, 1.82) is 0 Å². The molecule has 4 nitrogen and oxygen atoms in total. The first-order valence-electron chi connectivity index (χ1n) is 8.33. The maximum absolute atomic E-state index is 12.5. The number of nitrogens with zero attached hydrogens (tertiary/aromatic N) is 1. The van der Waals surface area contributed by atoms with Crippen molar-refractivity contribution >= 4 is 17.5 Å². The number of nitrogens with one attached hydrogen (secondary N) is 1. The summed E-state index contributed by atoms with van der Waals surface area (Å²) in [4.78, 5) is 14.8. The van der Waals surface area contributed by atoms with Gasteiger partial charge in [-0.15, -0.1) is 0 Å². The summed E-state index contributed by atoms with van der Waals surface area (Å²) in [6.45, 7) is 7.91. The van der Waals surface area contributed by atoms with Crippen LogP contribution in [0.4, 0.5) is 0 Å². The Labute approximate surface area is 144 Å². The molecule has 1 fully saturated rings. The topological polar surface area (TPSA) is 41.6 Å². The van der Waals surface area contributed by atoms with Crippen LogP contribution in [0.3, 0.4) is 0 Å². The predicted octanol–water partition coefficient (Wildman–Crippen LogP) is 3.32. The minimum Gasteiger partial charge on any atom is -0.481 e. The average Bonchev–Trinajstić information content (AvgIpc) is 2.52. The highest BCUT2D eigenvalue weighted by Crippen LogP contribution is 2.26. The first kappa shape index (κ1) is 18.1. The number of benzene rings is 1. The predicted molar refractivity (Wildman–Crippen MR) is 94.3 cm³/mol. The number of hydrogen-bond donors (Lipinski definition) is 1. The molecule has 1 aliphatic heterocycles. The largest absolute Gasteiger partial charge is 0.481 e. The minimum atomic E-state index is -0.463. The van der Waals surface area contributed by atoms with Gasteiger partial charge in [0.1, 0.15) is 5.75 Å². The molecule has 1 atom stereocenters. The van der Waals surface area contributed by atoms with Crippen molar-refractivity contribution in [2.75, 3.05) is 20.1 Å². The molecule has 1 unspecified atom stereocenters. The number of rotatable bonds is 5. The fraction of sp³-hybridized carbons (Fsp3) is 0.611.